The highest BCUT2D eigenvalue weighted by atomic mass is 32.2. The van der Waals surface area contributed by atoms with Gasteiger partial charge in [0.1, 0.15) is 5.60 Å². The van der Waals surface area contributed by atoms with Crippen LogP contribution in [0.25, 0.3) is 0 Å². The van der Waals surface area contributed by atoms with Crippen LogP contribution in [0.2, 0.25) is 0 Å². The molecule has 0 saturated heterocycles. The largest absolute Gasteiger partial charge is 0.360 e. The molecular weight excluding hydrogens is 541 g/mol. The van der Waals surface area contributed by atoms with Crippen LogP contribution < -0.4 is 0 Å². The number of rotatable bonds is 14. The van der Waals surface area contributed by atoms with Gasteiger partial charge in [-0.1, -0.05) is 124 Å². The Kier molecular flexibility index (Phi) is 14.9. The van der Waals surface area contributed by atoms with Crippen molar-refractivity contribution in [1.82, 2.24) is 4.90 Å². The molecule has 0 radical (unpaired) electrons. The summed E-state index contributed by atoms with van der Waals surface area (Å²) in [6.07, 6.45) is 0. The molecule has 0 aromatic heterocycles. The monoisotopic (exact) mass is 585 g/mol. The van der Waals surface area contributed by atoms with E-state index in [0.717, 1.165) is 28.5 Å². The van der Waals surface area contributed by atoms with Gasteiger partial charge in [0.15, 0.2) is 5.12 Å². The van der Waals surface area contributed by atoms with Crippen LogP contribution in [0.15, 0.2) is 91.0 Å². The third-order valence-corrected chi connectivity index (χ3v) is 8.26. The average Bonchev–Trinajstić information content (AvgIpc) is 2.98. The number of hydrogen-bond donors (Lipinski definition) is 1. The molecule has 3 aromatic rings. The van der Waals surface area contributed by atoms with Crippen LogP contribution in [0.5, 0.6) is 0 Å². The van der Waals surface area contributed by atoms with Gasteiger partial charge < -0.3 is 19.1 Å². The molecule has 0 amide bonds. The number of thioether (sulfide) groups is 1. The zero-order chi connectivity index (χ0) is 29.4. The second-order valence-corrected chi connectivity index (χ2v) is 11.7. The molecule has 40 heavy (non-hydrogen) atoms. The molecule has 8 heteroatoms. The summed E-state index contributed by atoms with van der Waals surface area (Å²) >= 11 is 1.09. The molecule has 218 valence electrons. The highest BCUT2D eigenvalue weighted by molar-refractivity contribution is 8.13. The van der Waals surface area contributed by atoms with Crippen LogP contribution in [0.1, 0.15) is 51.3 Å². The third-order valence-electron chi connectivity index (χ3n) is 6.63. The predicted octanol–water partition coefficient (Wildman–Crippen LogP) is 7.03. The first-order valence-electron chi connectivity index (χ1n) is 13.8. The first kappa shape index (κ1) is 34.0. The fraction of sp³-hybridized carbons (Fsp3) is 0.406. The van der Waals surface area contributed by atoms with E-state index in [4.69, 9.17) is 14.2 Å². The summed E-state index contributed by atoms with van der Waals surface area (Å²) in [5.74, 6) is 0.306. The summed E-state index contributed by atoms with van der Waals surface area (Å²) in [4.78, 5) is 24.1. The van der Waals surface area contributed by atoms with Crippen LogP contribution in [-0.2, 0) is 24.2 Å². The van der Waals surface area contributed by atoms with E-state index in [1.807, 2.05) is 105 Å². The number of carbonyl (C=O) groups excluding carboxylic acids is 1. The maximum atomic E-state index is 12.9. The van der Waals surface area contributed by atoms with Crippen molar-refractivity contribution < 1.29 is 23.5 Å². The van der Waals surface area contributed by atoms with Crippen molar-refractivity contribution in [3.63, 3.8) is 0 Å². The molecule has 6 nitrogen and oxygen atoms in total. The highest BCUT2D eigenvalue weighted by Crippen LogP contribution is 2.42. The Balaban J connectivity index is 0.000000708. The van der Waals surface area contributed by atoms with Crippen LogP contribution in [-0.4, -0.2) is 53.5 Å². The molecule has 1 N–H and O–H groups in total. The van der Waals surface area contributed by atoms with Crippen molar-refractivity contribution in [1.29, 1.82) is 0 Å². The van der Waals surface area contributed by atoms with E-state index in [0.29, 0.717) is 5.75 Å². The smallest absolute Gasteiger partial charge is 0.316 e. The molecule has 0 heterocycles. The van der Waals surface area contributed by atoms with Gasteiger partial charge in [-0.15, -0.1) is 0 Å². The number of carbonyl (C=O) groups is 1. The van der Waals surface area contributed by atoms with Gasteiger partial charge >= 0.3 is 8.25 Å². The van der Waals surface area contributed by atoms with Crippen LogP contribution in [0, 0.1) is 5.41 Å². The fourth-order valence-corrected chi connectivity index (χ4v) is 5.47. The minimum Gasteiger partial charge on any atom is -0.360 e. The van der Waals surface area contributed by atoms with Gasteiger partial charge in [-0.3, -0.25) is 9.36 Å². The van der Waals surface area contributed by atoms with Crippen LogP contribution in [0.3, 0.4) is 0 Å². The molecule has 1 atom stereocenters. The predicted molar refractivity (Wildman–Crippen MR) is 167 cm³/mol. The van der Waals surface area contributed by atoms with Gasteiger partial charge in [0.05, 0.1) is 18.6 Å². The highest BCUT2D eigenvalue weighted by Gasteiger charge is 2.40. The van der Waals surface area contributed by atoms with E-state index in [-0.39, 0.29) is 18.3 Å². The van der Waals surface area contributed by atoms with Crippen molar-refractivity contribution in [2.24, 2.45) is 5.41 Å². The Bertz CT molecular complexity index is 1040. The number of benzene rings is 3. The summed E-state index contributed by atoms with van der Waals surface area (Å²) in [6.45, 7) is 14.0. The van der Waals surface area contributed by atoms with Crippen molar-refractivity contribution in [2.45, 2.75) is 40.2 Å². The van der Waals surface area contributed by atoms with Crippen LogP contribution >= 0.6 is 20.0 Å². The minimum atomic E-state index is -2.99. The zero-order valence-corrected chi connectivity index (χ0v) is 26.2. The van der Waals surface area contributed by atoms with Gasteiger partial charge in [-0.25, -0.2) is 0 Å². The second-order valence-electron chi connectivity index (χ2n) is 9.82. The van der Waals surface area contributed by atoms with Crippen LogP contribution in [0.4, 0.5) is 0 Å². The van der Waals surface area contributed by atoms with Gasteiger partial charge in [0, 0.05) is 5.75 Å². The van der Waals surface area contributed by atoms with Gasteiger partial charge in [0.2, 0.25) is 0 Å². The molecule has 3 aromatic carbocycles. The average molecular weight is 586 g/mol. The fourth-order valence-electron chi connectivity index (χ4n) is 4.25. The lowest BCUT2D eigenvalue weighted by molar-refractivity contribution is -0.124. The Morgan fingerprint density at radius 3 is 1.52 bits per heavy atom. The Morgan fingerprint density at radius 2 is 1.20 bits per heavy atom. The van der Waals surface area contributed by atoms with Crippen molar-refractivity contribution in [3.8, 4) is 0 Å². The zero-order valence-electron chi connectivity index (χ0n) is 24.3. The SMILES string of the molecule is CC(C)(COC(c1ccccc1)(c1ccccc1)c1ccccc1)C(=O)SCCO[PH](=O)O.CCN(CC)CC. The molecule has 0 aliphatic carbocycles. The number of nitrogens with zero attached hydrogens (tertiary/aromatic N) is 1. The van der Waals surface area contributed by atoms with E-state index >= 15 is 0 Å². The van der Waals surface area contributed by atoms with E-state index in [1.54, 1.807) is 0 Å². The Morgan fingerprint density at radius 1 is 0.800 bits per heavy atom. The molecule has 0 spiro atoms. The third kappa shape index (κ3) is 9.99. The molecule has 0 aliphatic rings. The topological polar surface area (TPSA) is 76.1 Å². The lowest BCUT2D eigenvalue weighted by Crippen LogP contribution is -2.38. The molecule has 0 aliphatic heterocycles. The second kappa shape index (κ2) is 17.5. The first-order valence-corrected chi connectivity index (χ1v) is 16.0. The first-order chi connectivity index (χ1) is 19.2. The van der Waals surface area contributed by atoms with E-state index < -0.39 is 19.3 Å². The summed E-state index contributed by atoms with van der Waals surface area (Å²) in [5, 5.41) is -0.0632. The summed E-state index contributed by atoms with van der Waals surface area (Å²) in [7, 11) is -2.99. The standard InChI is InChI=1S/C26H29O5PS.C6H15N/c1-25(2,24(27)33-19-18-31-32(28)29)20-30-26(21-12-6-3-7-13-21,22-14-8-4-9-15-22)23-16-10-5-11-17-23;1-4-7(5-2)6-3/h3-17,32H,18-20H2,1-2H3,(H,28,29);4-6H2,1-3H3. The lowest BCUT2D eigenvalue weighted by atomic mass is 9.79. The normalized spacial score (nSPS) is 12.5. The molecule has 0 fully saturated rings. The Labute approximate surface area is 245 Å². The lowest BCUT2D eigenvalue weighted by Gasteiger charge is -2.38. The summed E-state index contributed by atoms with van der Waals surface area (Å²) in [6, 6.07) is 30.1. The molecule has 0 saturated carbocycles. The quantitative estimate of drug-likeness (QED) is 0.124. The summed E-state index contributed by atoms with van der Waals surface area (Å²) < 4.78 is 22.2. The number of ether oxygens (including phenoxy) is 1. The summed E-state index contributed by atoms with van der Waals surface area (Å²) in [5.41, 5.74) is 1.23. The van der Waals surface area contributed by atoms with E-state index in [1.165, 1.54) is 19.6 Å². The van der Waals surface area contributed by atoms with Crippen molar-refractivity contribution in [3.05, 3.63) is 108 Å². The van der Waals surface area contributed by atoms with E-state index in [2.05, 4.69) is 25.7 Å². The van der Waals surface area contributed by atoms with Gasteiger partial charge in [-0.2, -0.15) is 0 Å². The molecule has 1 unspecified atom stereocenters. The van der Waals surface area contributed by atoms with Gasteiger partial charge in [0.25, 0.3) is 0 Å². The van der Waals surface area contributed by atoms with Gasteiger partial charge in [-0.05, 0) is 50.2 Å². The minimum absolute atomic E-state index is 0.0453. The maximum absolute atomic E-state index is 12.9. The van der Waals surface area contributed by atoms with Crippen molar-refractivity contribution >= 4 is 25.1 Å². The molecule has 0 bridgehead atoms. The molecular formula is C32H44NO5PS. The molecule has 3 rings (SSSR count). The number of hydrogen-bond acceptors (Lipinski definition) is 6. The van der Waals surface area contributed by atoms with Crippen molar-refractivity contribution in [2.75, 3.05) is 38.6 Å². The Hall–Kier alpha value is -2.25. The maximum Gasteiger partial charge on any atom is 0.316 e. The van der Waals surface area contributed by atoms with E-state index in [9.17, 15) is 9.36 Å².